The molecular formula is C21H27NO2. The fourth-order valence-electron chi connectivity index (χ4n) is 2.29. The van der Waals surface area contributed by atoms with E-state index in [1.165, 1.54) is 5.56 Å². The van der Waals surface area contributed by atoms with Crippen LogP contribution in [-0.4, -0.2) is 12.5 Å². The van der Waals surface area contributed by atoms with Crippen molar-refractivity contribution < 1.29 is 9.53 Å². The van der Waals surface area contributed by atoms with Crippen LogP contribution in [0.15, 0.2) is 48.5 Å². The zero-order chi connectivity index (χ0) is 17.6. The number of hydrogen-bond acceptors (Lipinski definition) is 2. The molecule has 0 atom stereocenters. The molecule has 0 aliphatic carbocycles. The van der Waals surface area contributed by atoms with E-state index in [2.05, 4.69) is 45.1 Å². The average molecular weight is 325 g/mol. The van der Waals surface area contributed by atoms with Crippen LogP contribution in [0.4, 0.5) is 5.69 Å². The molecule has 0 saturated heterocycles. The Labute approximate surface area is 145 Å². The van der Waals surface area contributed by atoms with Gasteiger partial charge in [0.05, 0.1) is 6.61 Å². The van der Waals surface area contributed by atoms with Gasteiger partial charge in [-0.2, -0.15) is 0 Å². The molecule has 0 aliphatic rings. The van der Waals surface area contributed by atoms with E-state index in [1.807, 2.05) is 24.3 Å². The molecule has 3 nitrogen and oxygen atoms in total. The van der Waals surface area contributed by atoms with Crippen LogP contribution in [0.3, 0.4) is 0 Å². The van der Waals surface area contributed by atoms with Crippen LogP contribution in [-0.2, 0) is 5.41 Å². The molecule has 0 fully saturated rings. The summed E-state index contributed by atoms with van der Waals surface area (Å²) in [4.78, 5) is 12.3. The molecule has 0 spiro atoms. The monoisotopic (exact) mass is 325 g/mol. The summed E-state index contributed by atoms with van der Waals surface area (Å²) in [7, 11) is 0. The fourth-order valence-corrected chi connectivity index (χ4v) is 2.29. The van der Waals surface area contributed by atoms with Crippen molar-refractivity contribution in [3.05, 3.63) is 59.7 Å². The Bertz CT molecular complexity index is 652. The molecular weight excluding hydrogens is 298 g/mol. The Morgan fingerprint density at radius 1 is 1.00 bits per heavy atom. The van der Waals surface area contributed by atoms with Crippen molar-refractivity contribution in [2.75, 3.05) is 11.9 Å². The van der Waals surface area contributed by atoms with Gasteiger partial charge in [0.1, 0.15) is 5.75 Å². The van der Waals surface area contributed by atoms with Gasteiger partial charge in [-0.25, -0.2) is 0 Å². The van der Waals surface area contributed by atoms with Gasteiger partial charge in [-0.1, -0.05) is 46.2 Å². The molecule has 0 bridgehead atoms. The van der Waals surface area contributed by atoms with Crippen molar-refractivity contribution in [1.29, 1.82) is 0 Å². The molecule has 0 radical (unpaired) electrons. The number of nitrogens with one attached hydrogen (secondary N) is 1. The first-order valence-corrected chi connectivity index (χ1v) is 8.55. The maximum atomic E-state index is 12.3. The van der Waals surface area contributed by atoms with Crippen molar-refractivity contribution in [2.24, 2.45) is 0 Å². The minimum absolute atomic E-state index is 0.107. The summed E-state index contributed by atoms with van der Waals surface area (Å²) in [6.45, 7) is 9.35. The SMILES string of the molecule is CCCCOc1ccc(C(=O)Nc2ccc(C(C)(C)C)cc2)cc1. The second-order valence-electron chi connectivity index (χ2n) is 7.01. The number of unbranched alkanes of at least 4 members (excludes halogenated alkanes) is 1. The molecule has 2 aromatic carbocycles. The lowest BCUT2D eigenvalue weighted by atomic mass is 9.87. The number of ether oxygens (including phenoxy) is 1. The van der Waals surface area contributed by atoms with Crippen LogP contribution in [0.2, 0.25) is 0 Å². The molecule has 2 rings (SSSR count). The summed E-state index contributed by atoms with van der Waals surface area (Å²) in [5, 5.41) is 2.93. The third-order valence-corrected chi connectivity index (χ3v) is 3.89. The Morgan fingerprint density at radius 3 is 2.17 bits per heavy atom. The second-order valence-corrected chi connectivity index (χ2v) is 7.01. The van der Waals surface area contributed by atoms with E-state index >= 15 is 0 Å². The molecule has 1 amide bonds. The first-order valence-electron chi connectivity index (χ1n) is 8.55. The molecule has 0 heterocycles. The quantitative estimate of drug-likeness (QED) is 0.721. The Morgan fingerprint density at radius 2 is 1.62 bits per heavy atom. The van der Waals surface area contributed by atoms with E-state index < -0.39 is 0 Å². The Balaban J connectivity index is 1.96. The van der Waals surface area contributed by atoms with Gasteiger partial charge < -0.3 is 10.1 Å². The summed E-state index contributed by atoms with van der Waals surface area (Å²) in [6, 6.07) is 15.3. The van der Waals surface area contributed by atoms with Gasteiger partial charge in [-0.3, -0.25) is 4.79 Å². The van der Waals surface area contributed by atoms with Crippen molar-refractivity contribution in [3.8, 4) is 5.75 Å². The van der Waals surface area contributed by atoms with E-state index in [9.17, 15) is 4.79 Å². The average Bonchev–Trinajstić information content (AvgIpc) is 2.55. The first kappa shape index (κ1) is 18.1. The minimum Gasteiger partial charge on any atom is -0.494 e. The maximum absolute atomic E-state index is 12.3. The molecule has 1 N–H and O–H groups in total. The molecule has 2 aromatic rings. The van der Waals surface area contributed by atoms with Gasteiger partial charge in [0.2, 0.25) is 0 Å². The van der Waals surface area contributed by atoms with Crippen molar-refractivity contribution >= 4 is 11.6 Å². The topological polar surface area (TPSA) is 38.3 Å². The van der Waals surface area contributed by atoms with Crippen LogP contribution in [0.1, 0.15) is 56.5 Å². The number of carbonyl (C=O) groups excluding carboxylic acids is 1. The third kappa shape index (κ3) is 5.12. The number of hydrogen-bond donors (Lipinski definition) is 1. The number of amides is 1. The predicted octanol–water partition coefficient (Wildman–Crippen LogP) is 5.42. The normalized spacial score (nSPS) is 11.2. The number of anilines is 1. The molecule has 0 aliphatic heterocycles. The second kappa shape index (κ2) is 8.00. The number of rotatable bonds is 6. The molecule has 0 saturated carbocycles. The van der Waals surface area contributed by atoms with E-state index in [4.69, 9.17) is 4.74 Å². The van der Waals surface area contributed by atoms with E-state index in [1.54, 1.807) is 12.1 Å². The maximum Gasteiger partial charge on any atom is 0.255 e. The van der Waals surface area contributed by atoms with Gasteiger partial charge >= 0.3 is 0 Å². The molecule has 0 aromatic heterocycles. The van der Waals surface area contributed by atoms with Gasteiger partial charge in [0.15, 0.2) is 0 Å². The van der Waals surface area contributed by atoms with Crippen LogP contribution in [0, 0.1) is 0 Å². The minimum atomic E-state index is -0.112. The molecule has 128 valence electrons. The predicted molar refractivity (Wildman–Crippen MR) is 99.9 cm³/mol. The largest absolute Gasteiger partial charge is 0.494 e. The van der Waals surface area contributed by atoms with E-state index in [0.29, 0.717) is 12.2 Å². The van der Waals surface area contributed by atoms with Gasteiger partial charge in [-0.05, 0) is 53.8 Å². The van der Waals surface area contributed by atoms with Crippen molar-refractivity contribution in [1.82, 2.24) is 0 Å². The van der Waals surface area contributed by atoms with Crippen LogP contribution in [0.5, 0.6) is 5.75 Å². The lowest BCUT2D eigenvalue weighted by molar-refractivity contribution is 0.102. The smallest absolute Gasteiger partial charge is 0.255 e. The lowest BCUT2D eigenvalue weighted by Crippen LogP contribution is -2.13. The van der Waals surface area contributed by atoms with Gasteiger partial charge in [0.25, 0.3) is 5.91 Å². The van der Waals surface area contributed by atoms with Gasteiger partial charge in [-0.15, -0.1) is 0 Å². The highest BCUT2D eigenvalue weighted by Crippen LogP contribution is 2.23. The van der Waals surface area contributed by atoms with Crippen LogP contribution in [0.25, 0.3) is 0 Å². The summed E-state index contributed by atoms with van der Waals surface area (Å²) in [5.41, 5.74) is 2.78. The highest BCUT2D eigenvalue weighted by molar-refractivity contribution is 6.04. The fraction of sp³-hybridized carbons (Fsp3) is 0.381. The highest BCUT2D eigenvalue weighted by atomic mass is 16.5. The van der Waals surface area contributed by atoms with Crippen LogP contribution >= 0.6 is 0 Å². The summed E-state index contributed by atoms with van der Waals surface area (Å²) >= 11 is 0. The first-order chi connectivity index (χ1) is 11.4. The van der Waals surface area contributed by atoms with E-state index in [0.717, 1.165) is 24.3 Å². The van der Waals surface area contributed by atoms with Gasteiger partial charge in [0, 0.05) is 11.3 Å². The molecule has 0 unspecified atom stereocenters. The summed E-state index contributed by atoms with van der Waals surface area (Å²) in [5.74, 6) is 0.688. The Kier molecular flexibility index (Phi) is 6.02. The van der Waals surface area contributed by atoms with E-state index in [-0.39, 0.29) is 11.3 Å². The number of carbonyl (C=O) groups is 1. The standard InChI is InChI=1S/C21H27NO2/c1-5-6-15-24-19-13-7-16(8-14-19)20(23)22-18-11-9-17(10-12-18)21(2,3)4/h7-14H,5-6,15H2,1-4H3,(H,22,23). The highest BCUT2D eigenvalue weighted by Gasteiger charge is 2.13. The third-order valence-electron chi connectivity index (χ3n) is 3.89. The van der Waals surface area contributed by atoms with Crippen LogP contribution < -0.4 is 10.1 Å². The van der Waals surface area contributed by atoms with Crippen molar-refractivity contribution in [3.63, 3.8) is 0 Å². The van der Waals surface area contributed by atoms with Crippen molar-refractivity contribution in [2.45, 2.75) is 46.0 Å². The zero-order valence-electron chi connectivity index (χ0n) is 15.1. The molecule has 3 heteroatoms. The lowest BCUT2D eigenvalue weighted by Gasteiger charge is -2.19. The summed E-state index contributed by atoms with van der Waals surface area (Å²) < 4.78 is 5.61. The number of benzene rings is 2. The molecule has 24 heavy (non-hydrogen) atoms. The Hall–Kier alpha value is -2.29. The summed E-state index contributed by atoms with van der Waals surface area (Å²) in [6.07, 6.45) is 2.14. The zero-order valence-corrected chi connectivity index (χ0v) is 15.1.